The van der Waals surface area contributed by atoms with Crippen LogP contribution >= 0.6 is 0 Å². The summed E-state index contributed by atoms with van der Waals surface area (Å²) in [6.45, 7) is 1.65. The molecule has 0 unspecified atom stereocenters. The monoisotopic (exact) mass is 188 g/mol. The molecule has 0 aliphatic heterocycles. The Kier molecular flexibility index (Phi) is 2.67. The van der Waals surface area contributed by atoms with Crippen molar-refractivity contribution < 1.29 is 4.79 Å². The number of rotatable bonds is 4. The van der Waals surface area contributed by atoms with Gasteiger partial charge >= 0.3 is 0 Å². The van der Waals surface area contributed by atoms with Crippen LogP contribution in [-0.2, 0) is 17.6 Å². The molecule has 1 nitrogen and oxygen atoms in total. The van der Waals surface area contributed by atoms with Crippen molar-refractivity contribution in [1.82, 2.24) is 0 Å². The highest BCUT2D eigenvalue weighted by atomic mass is 16.1. The average molecular weight is 188 g/mol. The summed E-state index contributed by atoms with van der Waals surface area (Å²) in [4.78, 5) is 11.0. The Bertz CT molecular complexity index is 337. The smallest absolute Gasteiger partial charge is 0.134 e. The van der Waals surface area contributed by atoms with E-state index in [0.717, 1.165) is 11.5 Å². The van der Waals surface area contributed by atoms with Gasteiger partial charge in [0.15, 0.2) is 0 Å². The van der Waals surface area contributed by atoms with Crippen LogP contribution in [0.2, 0.25) is 0 Å². The van der Waals surface area contributed by atoms with Crippen LogP contribution in [0.25, 0.3) is 0 Å². The van der Waals surface area contributed by atoms with E-state index in [2.05, 4.69) is 18.2 Å². The van der Waals surface area contributed by atoms with Gasteiger partial charge in [0.05, 0.1) is 0 Å². The minimum Gasteiger partial charge on any atom is -0.300 e. The molecular formula is C13H16O. The highest BCUT2D eigenvalue weighted by molar-refractivity contribution is 5.78. The zero-order valence-electron chi connectivity index (χ0n) is 8.62. The van der Waals surface area contributed by atoms with Crippen molar-refractivity contribution in [3.8, 4) is 0 Å². The second-order valence-corrected chi connectivity index (χ2v) is 4.35. The summed E-state index contributed by atoms with van der Waals surface area (Å²) in [5.74, 6) is 1.16. The van der Waals surface area contributed by atoms with Crippen LogP contribution in [0.1, 0.15) is 30.9 Å². The third kappa shape index (κ3) is 2.69. The largest absolute Gasteiger partial charge is 0.300 e. The van der Waals surface area contributed by atoms with E-state index in [0.29, 0.717) is 6.42 Å². The second-order valence-electron chi connectivity index (χ2n) is 4.35. The maximum Gasteiger partial charge on any atom is 0.134 e. The number of carbonyl (C=O) groups is 1. The maximum atomic E-state index is 11.0. The van der Waals surface area contributed by atoms with Gasteiger partial charge in [-0.25, -0.2) is 0 Å². The standard InChI is InChI=1S/C13H16O/c1-10(14)7-12-3-2-4-13(9-12)8-11-5-6-11/h2-4,9,11H,5-8H2,1H3. The fourth-order valence-corrected chi connectivity index (χ4v) is 1.81. The maximum absolute atomic E-state index is 11.0. The molecule has 1 aliphatic carbocycles. The fraction of sp³-hybridized carbons (Fsp3) is 0.462. The Morgan fingerprint density at radius 1 is 1.36 bits per heavy atom. The SMILES string of the molecule is CC(=O)Cc1cccc(CC2CC2)c1. The lowest BCUT2D eigenvalue weighted by atomic mass is 10.0. The molecule has 1 aromatic rings. The lowest BCUT2D eigenvalue weighted by Crippen LogP contribution is -1.97. The molecule has 14 heavy (non-hydrogen) atoms. The molecular weight excluding hydrogens is 172 g/mol. The first kappa shape index (κ1) is 9.45. The lowest BCUT2D eigenvalue weighted by Gasteiger charge is -2.02. The van der Waals surface area contributed by atoms with E-state index in [1.54, 1.807) is 6.92 Å². The van der Waals surface area contributed by atoms with Gasteiger partial charge in [0.25, 0.3) is 0 Å². The zero-order chi connectivity index (χ0) is 9.97. The van der Waals surface area contributed by atoms with Gasteiger partial charge < -0.3 is 0 Å². The molecule has 2 rings (SSSR count). The topological polar surface area (TPSA) is 17.1 Å². The van der Waals surface area contributed by atoms with Crippen molar-refractivity contribution in [3.05, 3.63) is 35.4 Å². The quantitative estimate of drug-likeness (QED) is 0.710. The minimum absolute atomic E-state index is 0.244. The Hall–Kier alpha value is -1.11. The van der Waals surface area contributed by atoms with Gasteiger partial charge in [0.1, 0.15) is 5.78 Å². The van der Waals surface area contributed by atoms with Crippen LogP contribution in [-0.4, -0.2) is 5.78 Å². The number of Topliss-reactive ketones (excluding diaryl/α,β-unsaturated/α-hetero) is 1. The van der Waals surface area contributed by atoms with Crippen LogP contribution in [0.4, 0.5) is 0 Å². The molecule has 0 amide bonds. The first-order valence-electron chi connectivity index (χ1n) is 5.31. The average Bonchev–Trinajstić information content (AvgIpc) is 2.87. The summed E-state index contributed by atoms with van der Waals surface area (Å²) in [7, 11) is 0. The molecule has 74 valence electrons. The summed E-state index contributed by atoms with van der Waals surface area (Å²) in [6, 6.07) is 8.45. The number of carbonyl (C=O) groups excluding carboxylic acids is 1. The third-order valence-corrected chi connectivity index (χ3v) is 2.67. The summed E-state index contributed by atoms with van der Waals surface area (Å²) in [5, 5.41) is 0. The van der Waals surface area contributed by atoms with Gasteiger partial charge in [0.2, 0.25) is 0 Å². The molecule has 0 bridgehead atoms. The normalized spacial score (nSPS) is 15.5. The first-order chi connectivity index (χ1) is 6.74. The number of ketones is 1. The van der Waals surface area contributed by atoms with E-state index in [4.69, 9.17) is 0 Å². The van der Waals surface area contributed by atoms with Crippen LogP contribution in [0.3, 0.4) is 0 Å². The van der Waals surface area contributed by atoms with Gasteiger partial charge in [-0.3, -0.25) is 4.79 Å². The van der Waals surface area contributed by atoms with E-state index in [9.17, 15) is 4.79 Å². The van der Waals surface area contributed by atoms with Gasteiger partial charge in [-0.2, -0.15) is 0 Å². The fourth-order valence-electron chi connectivity index (χ4n) is 1.81. The highest BCUT2D eigenvalue weighted by Gasteiger charge is 2.21. The van der Waals surface area contributed by atoms with E-state index < -0.39 is 0 Å². The zero-order valence-corrected chi connectivity index (χ0v) is 8.62. The summed E-state index contributed by atoms with van der Waals surface area (Å²) < 4.78 is 0. The molecule has 1 aliphatic rings. The predicted molar refractivity (Wildman–Crippen MR) is 57.3 cm³/mol. The molecule has 1 aromatic carbocycles. The van der Waals surface area contributed by atoms with Crippen molar-refractivity contribution in [2.75, 3.05) is 0 Å². The number of hydrogen-bond acceptors (Lipinski definition) is 1. The van der Waals surface area contributed by atoms with Crippen molar-refractivity contribution in [3.63, 3.8) is 0 Å². The van der Waals surface area contributed by atoms with Crippen molar-refractivity contribution in [1.29, 1.82) is 0 Å². The van der Waals surface area contributed by atoms with Gasteiger partial charge in [-0.15, -0.1) is 0 Å². The molecule has 0 spiro atoms. The van der Waals surface area contributed by atoms with Gasteiger partial charge in [-0.1, -0.05) is 24.3 Å². The predicted octanol–water partition coefficient (Wildman–Crippen LogP) is 2.77. The van der Waals surface area contributed by atoms with Crippen LogP contribution < -0.4 is 0 Å². The molecule has 1 heteroatoms. The Morgan fingerprint density at radius 3 is 2.71 bits per heavy atom. The minimum atomic E-state index is 0.244. The molecule has 0 radical (unpaired) electrons. The molecule has 0 saturated heterocycles. The Labute approximate surface area is 85.1 Å². The number of benzene rings is 1. The van der Waals surface area contributed by atoms with E-state index in [1.165, 1.54) is 24.8 Å². The molecule has 0 N–H and O–H groups in total. The van der Waals surface area contributed by atoms with Crippen molar-refractivity contribution >= 4 is 5.78 Å². The molecule has 0 heterocycles. The van der Waals surface area contributed by atoms with Crippen molar-refractivity contribution in [2.45, 2.75) is 32.6 Å². The summed E-state index contributed by atoms with van der Waals surface area (Å²) in [6.07, 6.45) is 4.55. The second kappa shape index (κ2) is 3.95. The van der Waals surface area contributed by atoms with Crippen molar-refractivity contribution in [2.24, 2.45) is 5.92 Å². The van der Waals surface area contributed by atoms with Gasteiger partial charge in [0, 0.05) is 6.42 Å². The van der Waals surface area contributed by atoms with Gasteiger partial charge in [-0.05, 0) is 43.2 Å². The molecule has 1 fully saturated rings. The summed E-state index contributed by atoms with van der Waals surface area (Å²) in [5.41, 5.74) is 2.56. The molecule has 1 saturated carbocycles. The highest BCUT2D eigenvalue weighted by Crippen LogP contribution is 2.32. The lowest BCUT2D eigenvalue weighted by molar-refractivity contribution is -0.116. The van der Waals surface area contributed by atoms with E-state index in [-0.39, 0.29) is 5.78 Å². The summed E-state index contributed by atoms with van der Waals surface area (Å²) >= 11 is 0. The third-order valence-electron chi connectivity index (χ3n) is 2.67. The van der Waals surface area contributed by atoms with Crippen LogP contribution in [0.15, 0.2) is 24.3 Å². The van der Waals surface area contributed by atoms with Crippen LogP contribution in [0.5, 0.6) is 0 Å². The number of hydrogen-bond donors (Lipinski definition) is 0. The Morgan fingerprint density at radius 2 is 2.07 bits per heavy atom. The van der Waals surface area contributed by atoms with Crippen LogP contribution in [0, 0.1) is 5.92 Å². The molecule has 0 aromatic heterocycles. The van der Waals surface area contributed by atoms with E-state index in [1.807, 2.05) is 6.07 Å². The first-order valence-corrected chi connectivity index (χ1v) is 5.31. The van der Waals surface area contributed by atoms with E-state index >= 15 is 0 Å². The Balaban J connectivity index is 2.05. The molecule has 0 atom stereocenters.